The van der Waals surface area contributed by atoms with E-state index in [9.17, 15) is 17.6 Å². The van der Waals surface area contributed by atoms with Gasteiger partial charge in [0.15, 0.2) is 0 Å². The number of nitrogens with zero attached hydrogens (tertiary/aromatic N) is 2. The summed E-state index contributed by atoms with van der Waals surface area (Å²) in [6.45, 7) is 6.14. The maximum absolute atomic E-state index is 13.1. The fourth-order valence-electron chi connectivity index (χ4n) is 3.93. The Bertz CT molecular complexity index is 1240. The van der Waals surface area contributed by atoms with Crippen LogP contribution in [0, 0.1) is 5.82 Å². The van der Waals surface area contributed by atoms with Crippen molar-refractivity contribution in [2.24, 2.45) is 0 Å². The second kappa shape index (κ2) is 9.85. The van der Waals surface area contributed by atoms with Crippen molar-refractivity contribution in [3.63, 3.8) is 0 Å². The molecule has 1 saturated heterocycles. The molecule has 2 amide bonds. The van der Waals surface area contributed by atoms with Gasteiger partial charge in [0, 0.05) is 31.0 Å². The fraction of sp³-hybridized carbons (Fsp3) is 0.269. The van der Waals surface area contributed by atoms with Crippen LogP contribution in [0.1, 0.15) is 37.3 Å². The Morgan fingerprint density at radius 3 is 2.18 bits per heavy atom. The van der Waals surface area contributed by atoms with Crippen LogP contribution in [0.25, 0.3) is 0 Å². The van der Waals surface area contributed by atoms with E-state index in [0.717, 1.165) is 24.1 Å². The smallest absolute Gasteiger partial charge is 0.320 e. The number of carbonyl (C=O) groups excluding carboxylic acids is 1. The molecule has 1 aliphatic rings. The van der Waals surface area contributed by atoms with Gasteiger partial charge in [-0.3, -0.25) is 9.62 Å². The standard InChI is InChI=1S/C26H28FN3O3S/c1-19(2)21-6-4-20(5-7-21)18-29-16-3-17-30(26(29)31)24-12-10-23(11-13-24)28-34(32,33)25-14-8-22(27)9-15-25/h4-15,19,28H,3,16-18H2,1-2H3. The van der Waals surface area contributed by atoms with Crippen LogP contribution in [0.15, 0.2) is 77.7 Å². The predicted molar refractivity (Wildman–Crippen MR) is 132 cm³/mol. The normalized spacial score (nSPS) is 14.5. The first-order chi connectivity index (χ1) is 16.2. The van der Waals surface area contributed by atoms with Crippen molar-refractivity contribution in [3.8, 4) is 0 Å². The molecule has 178 valence electrons. The zero-order valence-corrected chi connectivity index (χ0v) is 20.1. The molecule has 1 heterocycles. The average molecular weight is 482 g/mol. The molecule has 1 N–H and O–H groups in total. The van der Waals surface area contributed by atoms with Gasteiger partial charge in [-0.15, -0.1) is 0 Å². The summed E-state index contributed by atoms with van der Waals surface area (Å²) in [6.07, 6.45) is 0.842. The topological polar surface area (TPSA) is 69.7 Å². The molecule has 3 aromatic carbocycles. The number of amides is 2. The van der Waals surface area contributed by atoms with E-state index in [1.807, 2.05) is 4.90 Å². The lowest BCUT2D eigenvalue weighted by Crippen LogP contribution is -2.49. The molecule has 0 unspecified atom stereocenters. The molecule has 4 rings (SSSR count). The van der Waals surface area contributed by atoms with Crippen LogP contribution in [0.3, 0.4) is 0 Å². The van der Waals surface area contributed by atoms with Gasteiger partial charge in [0.1, 0.15) is 5.82 Å². The van der Waals surface area contributed by atoms with Gasteiger partial charge >= 0.3 is 6.03 Å². The molecule has 0 radical (unpaired) electrons. The molecular weight excluding hydrogens is 453 g/mol. The molecule has 3 aromatic rings. The Balaban J connectivity index is 1.43. The number of sulfonamides is 1. The van der Waals surface area contributed by atoms with Gasteiger partial charge in [0.25, 0.3) is 10.0 Å². The number of urea groups is 1. The molecule has 0 saturated carbocycles. The molecule has 1 aliphatic heterocycles. The first-order valence-electron chi connectivity index (χ1n) is 11.3. The van der Waals surface area contributed by atoms with Crippen molar-refractivity contribution < 1.29 is 17.6 Å². The first kappa shape index (κ1) is 23.8. The number of rotatable bonds is 7. The summed E-state index contributed by atoms with van der Waals surface area (Å²) in [7, 11) is -3.84. The van der Waals surface area contributed by atoms with Crippen LogP contribution in [-0.4, -0.2) is 32.4 Å². The van der Waals surface area contributed by atoms with Gasteiger partial charge in [-0.2, -0.15) is 0 Å². The molecule has 1 fully saturated rings. The summed E-state index contributed by atoms with van der Waals surface area (Å²) in [5.41, 5.74) is 3.42. The highest BCUT2D eigenvalue weighted by Crippen LogP contribution is 2.25. The second-order valence-corrected chi connectivity index (χ2v) is 10.4. The minimum atomic E-state index is -3.84. The third kappa shape index (κ3) is 5.39. The van der Waals surface area contributed by atoms with Gasteiger partial charge in [0.2, 0.25) is 0 Å². The molecule has 0 aromatic heterocycles. The van der Waals surface area contributed by atoms with E-state index in [4.69, 9.17) is 0 Å². The van der Waals surface area contributed by atoms with Gasteiger partial charge in [-0.25, -0.2) is 17.6 Å². The molecule has 0 spiro atoms. The van der Waals surface area contributed by atoms with Crippen molar-refractivity contribution in [1.29, 1.82) is 0 Å². The minimum absolute atomic E-state index is 0.0266. The summed E-state index contributed by atoms with van der Waals surface area (Å²) in [4.78, 5) is 16.7. The minimum Gasteiger partial charge on any atom is -0.320 e. The number of halogens is 1. The monoisotopic (exact) mass is 481 g/mol. The molecular formula is C26H28FN3O3S. The Morgan fingerprint density at radius 2 is 1.56 bits per heavy atom. The number of nitrogens with one attached hydrogen (secondary N) is 1. The van der Waals surface area contributed by atoms with Crippen LogP contribution in [0.5, 0.6) is 0 Å². The van der Waals surface area contributed by atoms with E-state index in [1.54, 1.807) is 29.2 Å². The summed E-state index contributed by atoms with van der Waals surface area (Å²) in [5.74, 6) is -0.0413. The molecule has 0 bridgehead atoms. The number of benzene rings is 3. The van der Waals surface area contributed by atoms with Gasteiger partial charge in [0.05, 0.1) is 4.90 Å². The zero-order valence-electron chi connectivity index (χ0n) is 19.2. The van der Waals surface area contributed by atoms with E-state index in [2.05, 4.69) is 42.8 Å². The van der Waals surface area contributed by atoms with Crippen molar-refractivity contribution in [3.05, 3.63) is 89.7 Å². The lowest BCUT2D eigenvalue weighted by Gasteiger charge is -2.35. The van der Waals surface area contributed by atoms with Crippen molar-refractivity contribution >= 4 is 27.4 Å². The van der Waals surface area contributed by atoms with Gasteiger partial charge in [-0.05, 0) is 72.0 Å². The molecule has 0 aliphatic carbocycles. The highest BCUT2D eigenvalue weighted by atomic mass is 32.2. The van der Waals surface area contributed by atoms with Crippen LogP contribution >= 0.6 is 0 Å². The summed E-state index contributed by atoms with van der Waals surface area (Å²) in [5, 5.41) is 0. The van der Waals surface area contributed by atoms with Crippen LogP contribution < -0.4 is 9.62 Å². The third-order valence-electron chi connectivity index (χ3n) is 5.89. The second-order valence-electron chi connectivity index (χ2n) is 8.71. The number of hydrogen-bond donors (Lipinski definition) is 1. The van der Waals surface area contributed by atoms with E-state index >= 15 is 0 Å². The largest absolute Gasteiger partial charge is 0.324 e. The molecule has 34 heavy (non-hydrogen) atoms. The van der Waals surface area contributed by atoms with Crippen molar-refractivity contribution in [2.45, 2.75) is 37.6 Å². The van der Waals surface area contributed by atoms with E-state index < -0.39 is 15.8 Å². The maximum Gasteiger partial charge on any atom is 0.324 e. The van der Waals surface area contributed by atoms with E-state index in [-0.39, 0.29) is 10.9 Å². The highest BCUT2D eigenvalue weighted by Gasteiger charge is 2.27. The third-order valence-corrected chi connectivity index (χ3v) is 7.28. The summed E-state index contributed by atoms with van der Waals surface area (Å²) >= 11 is 0. The van der Waals surface area contributed by atoms with E-state index in [0.29, 0.717) is 36.9 Å². The number of anilines is 2. The highest BCUT2D eigenvalue weighted by molar-refractivity contribution is 7.92. The van der Waals surface area contributed by atoms with Crippen LogP contribution in [0.2, 0.25) is 0 Å². The quantitative estimate of drug-likeness (QED) is 0.479. The van der Waals surface area contributed by atoms with E-state index in [1.165, 1.54) is 17.7 Å². The molecule has 6 nitrogen and oxygen atoms in total. The van der Waals surface area contributed by atoms with Crippen molar-refractivity contribution in [2.75, 3.05) is 22.7 Å². The number of hydrogen-bond acceptors (Lipinski definition) is 3. The Morgan fingerprint density at radius 1 is 0.912 bits per heavy atom. The first-order valence-corrected chi connectivity index (χ1v) is 12.7. The Kier molecular flexibility index (Phi) is 6.88. The lowest BCUT2D eigenvalue weighted by atomic mass is 10.0. The summed E-state index contributed by atoms with van der Waals surface area (Å²) in [6, 6.07) is 19.6. The zero-order chi connectivity index (χ0) is 24.3. The molecule has 0 atom stereocenters. The lowest BCUT2D eigenvalue weighted by molar-refractivity contribution is 0.192. The van der Waals surface area contributed by atoms with Crippen LogP contribution in [0.4, 0.5) is 20.6 Å². The Labute approximate surface area is 200 Å². The SMILES string of the molecule is CC(C)c1ccc(CN2CCCN(c3ccc(NS(=O)(=O)c4ccc(F)cc4)cc3)C2=O)cc1. The average Bonchev–Trinajstić information content (AvgIpc) is 2.81. The molecule has 8 heteroatoms. The predicted octanol–water partition coefficient (Wildman–Crippen LogP) is 5.58. The van der Waals surface area contributed by atoms with Crippen LogP contribution in [-0.2, 0) is 16.6 Å². The summed E-state index contributed by atoms with van der Waals surface area (Å²) < 4.78 is 40.6. The maximum atomic E-state index is 13.1. The van der Waals surface area contributed by atoms with Gasteiger partial charge in [-0.1, -0.05) is 38.1 Å². The van der Waals surface area contributed by atoms with Gasteiger partial charge < -0.3 is 4.90 Å². The Hall–Kier alpha value is -3.39. The fourth-order valence-corrected chi connectivity index (χ4v) is 4.99. The number of carbonyl (C=O) groups is 1. The van der Waals surface area contributed by atoms with Crippen molar-refractivity contribution in [1.82, 2.24) is 4.90 Å².